The fourth-order valence-corrected chi connectivity index (χ4v) is 4.47. The minimum Gasteiger partial charge on any atom is -0.430 e. The first kappa shape index (κ1) is 16.8. The molecule has 0 aliphatic carbocycles. The molecular formula is C17H19ClN4O2S. The molecule has 2 aromatic rings. The van der Waals surface area contributed by atoms with Crippen LogP contribution < -0.4 is 10.1 Å². The van der Waals surface area contributed by atoms with Crippen molar-refractivity contribution in [3.8, 4) is 10.9 Å². The van der Waals surface area contributed by atoms with Crippen LogP contribution in [0.2, 0.25) is 4.47 Å². The van der Waals surface area contributed by atoms with Crippen LogP contribution in [0.5, 0.6) is 10.9 Å². The highest BCUT2D eigenvalue weighted by molar-refractivity contribution is 7.17. The maximum absolute atomic E-state index is 12.6. The van der Waals surface area contributed by atoms with Gasteiger partial charge in [-0.25, -0.2) is 0 Å². The van der Waals surface area contributed by atoms with Crippen LogP contribution in [0.4, 0.5) is 0 Å². The van der Waals surface area contributed by atoms with E-state index in [1.165, 1.54) is 12.8 Å². The lowest BCUT2D eigenvalue weighted by atomic mass is 9.79. The Morgan fingerprint density at radius 1 is 1.28 bits per heavy atom. The van der Waals surface area contributed by atoms with E-state index in [1.807, 2.05) is 0 Å². The van der Waals surface area contributed by atoms with Crippen LogP contribution in [0.1, 0.15) is 30.1 Å². The number of carbonyl (C=O) groups is 1. The molecule has 0 radical (unpaired) electrons. The van der Waals surface area contributed by atoms with Crippen LogP contribution in [0.15, 0.2) is 24.3 Å². The highest BCUT2D eigenvalue weighted by Gasteiger charge is 2.40. The molecule has 132 valence electrons. The Kier molecular flexibility index (Phi) is 4.62. The molecule has 3 saturated heterocycles. The summed E-state index contributed by atoms with van der Waals surface area (Å²) in [5.74, 6) is 1.16. The Bertz CT molecular complexity index is 756. The molecule has 1 aromatic heterocycles. The van der Waals surface area contributed by atoms with Gasteiger partial charge in [0.25, 0.3) is 5.91 Å². The molecule has 0 unspecified atom stereocenters. The SMILES string of the molecule is C[C@H]1[C@H](NC(=O)c2ccc(Oc3nnc(Cl)s3)cc2)C2CCN1CC2. The standard InChI is InChI=1S/C17H19ClN4O2S/c1-10-14(11-6-8-22(10)9-7-11)19-15(23)12-2-4-13(5-3-12)24-17-21-20-16(18)25-17/h2-5,10-11,14H,6-9H2,1H3,(H,19,23)/t10-,14-/m0/s1. The summed E-state index contributed by atoms with van der Waals surface area (Å²) in [6, 6.07) is 7.67. The Hall–Kier alpha value is -1.70. The van der Waals surface area contributed by atoms with Crippen LogP contribution in [0.3, 0.4) is 0 Å². The van der Waals surface area contributed by atoms with Crippen molar-refractivity contribution in [2.24, 2.45) is 5.92 Å². The molecule has 3 aliphatic heterocycles. The van der Waals surface area contributed by atoms with E-state index in [-0.39, 0.29) is 11.9 Å². The number of hydrogen-bond donors (Lipinski definition) is 1. The number of aromatic nitrogens is 2. The van der Waals surface area contributed by atoms with Gasteiger partial charge in [0.05, 0.1) is 0 Å². The van der Waals surface area contributed by atoms with Gasteiger partial charge < -0.3 is 10.1 Å². The van der Waals surface area contributed by atoms with Gasteiger partial charge in [-0.2, -0.15) is 0 Å². The summed E-state index contributed by atoms with van der Waals surface area (Å²) in [7, 11) is 0. The minimum absolute atomic E-state index is 0.0314. The summed E-state index contributed by atoms with van der Waals surface area (Å²) in [5.41, 5.74) is 0.631. The van der Waals surface area contributed by atoms with Gasteiger partial charge in [-0.15, -0.1) is 5.10 Å². The second-order valence-corrected chi connectivity index (χ2v) is 8.08. The summed E-state index contributed by atoms with van der Waals surface area (Å²) in [4.78, 5) is 15.1. The molecule has 4 heterocycles. The van der Waals surface area contributed by atoms with E-state index < -0.39 is 0 Å². The number of fused-ring (bicyclic) bond motifs is 3. The van der Waals surface area contributed by atoms with Gasteiger partial charge in [-0.1, -0.05) is 5.10 Å². The molecule has 1 aromatic carbocycles. The largest absolute Gasteiger partial charge is 0.430 e. The van der Waals surface area contributed by atoms with E-state index in [0.29, 0.717) is 32.9 Å². The highest BCUT2D eigenvalue weighted by atomic mass is 35.5. The Labute approximate surface area is 155 Å². The predicted molar refractivity (Wildman–Crippen MR) is 96.4 cm³/mol. The number of benzene rings is 1. The predicted octanol–water partition coefficient (Wildman–Crippen LogP) is 3.20. The second kappa shape index (κ2) is 6.90. The van der Waals surface area contributed by atoms with Gasteiger partial charge in [0.15, 0.2) is 0 Å². The Balaban J connectivity index is 1.40. The molecule has 1 amide bonds. The molecule has 25 heavy (non-hydrogen) atoms. The van der Waals surface area contributed by atoms with Crippen molar-refractivity contribution in [2.75, 3.05) is 13.1 Å². The van der Waals surface area contributed by atoms with Crippen molar-refractivity contribution < 1.29 is 9.53 Å². The van der Waals surface area contributed by atoms with E-state index in [1.54, 1.807) is 24.3 Å². The third-order valence-corrected chi connectivity index (χ3v) is 6.08. The third-order valence-electron chi connectivity index (χ3n) is 5.18. The van der Waals surface area contributed by atoms with Gasteiger partial charge in [0.2, 0.25) is 4.47 Å². The summed E-state index contributed by atoms with van der Waals surface area (Å²) in [6.07, 6.45) is 2.35. The number of halogens is 1. The van der Waals surface area contributed by atoms with Crippen LogP contribution in [0, 0.1) is 5.92 Å². The first-order valence-corrected chi connectivity index (χ1v) is 9.61. The maximum Gasteiger partial charge on any atom is 0.300 e. The Morgan fingerprint density at radius 3 is 2.60 bits per heavy atom. The number of nitrogens with one attached hydrogen (secondary N) is 1. The normalized spacial score (nSPS) is 27.9. The number of hydrogen-bond acceptors (Lipinski definition) is 6. The monoisotopic (exact) mass is 378 g/mol. The molecule has 2 bridgehead atoms. The number of piperidine rings is 3. The molecular weight excluding hydrogens is 360 g/mol. The van der Waals surface area contributed by atoms with Crippen molar-refractivity contribution in [1.82, 2.24) is 20.4 Å². The van der Waals surface area contributed by atoms with Gasteiger partial charge in [0, 0.05) is 17.6 Å². The fraction of sp³-hybridized carbons (Fsp3) is 0.471. The number of rotatable bonds is 4. The second-order valence-electron chi connectivity index (χ2n) is 6.56. The Morgan fingerprint density at radius 2 is 2.00 bits per heavy atom. The third kappa shape index (κ3) is 3.49. The molecule has 3 fully saturated rings. The summed E-state index contributed by atoms with van der Waals surface area (Å²) >= 11 is 6.89. The van der Waals surface area contributed by atoms with Crippen molar-refractivity contribution in [3.05, 3.63) is 34.3 Å². The number of nitrogens with zero attached hydrogens (tertiary/aromatic N) is 3. The molecule has 0 spiro atoms. The van der Waals surface area contributed by atoms with Crippen molar-refractivity contribution in [3.63, 3.8) is 0 Å². The molecule has 2 atom stereocenters. The van der Waals surface area contributed by atoms with Crippen molar-refractivity contribution in [1.29, 1.82) is 0 Å². The highest BCUT2D eigenvalue weighted by Crippen LogP contribution is 2.32. The van der Waals surface area contributed by atoms with Gasteiger partial charge >= 0.3 is 5.19 Å². The lowest BCUT2D eigenvalue weighted by molar-refractivity contribution is 0.0217. The number of amides is 1. The molecule has 1 N–H and O–H groups in total. The molecule has 6 nitrogen and oxygen atoms in total. The lowest BCUT2D eigenvalue weighted by Gasteiger charge is -2.49. The maximum atomic E-state index is 12.6. The summed E-state index contributed by atoms with van der Waals surface area (Å²) in [5, 5.41) is 11.1. The quantitative estimate of drug-likeness (QED) is 0.884. The zero-order chi connectivity index (χ0) is 17.4. The van der Waals surface area contributed by atoms with E-state index in [9.17, 15) is 4.79 Å². The smallest absolute Gasteiger partial charge is 0.300 e. The van der Waals surface area contributed by atoms with Crippen LogP contribution in [-0.4, -0.2) is 46.2 Å². The fourth-order valence-electron chi connectivity index (χ4n) is 3.79. The van der Waals surface area contributed by atoms with Gasteiger partial charge in [-0.3, -0.25) is 9.69 Å². The summed E-state index contributed by atoms with van der Waals surface area (Å²) in [6.45, 7) is 4.51. The zero-order valence-electron chi connectivity index (χ0n) is 13.8. The van der Waals surface area contributed by atoms with E-state index in [4.69, 9.17) is 16.3 Å². The van der Waals surface area contributed by atoms with E-state index in [2.05, 4.69) is 27.3 Å². The molecule has 3 aliphatic rings. The van der Waals surface area contributed by atoms with Crippen LogP contribution in [-0.2, 0) is 0 Å². The summed E-state index contributed by atoms with van der Waals surface area (Å²) < 4.78 is 5.89. The van der Waals surface area contributed by atoms with Gasteiger partial charge in [-0.05, 0) is 86.0 Å². The van der Waals surface area contributed by atoms with Crippen LogP contribution >= 0.6 is 22.9 Å². The van der Waals surface area contributed by atoms with E-state index >= 15 is 0 Å². The molecule has 8 heteroatoms. The number of ether oxygens (including phenoxy) is 1. The van der Waals surface area contributed by atoms with Crippen molar-refractivity contribution >= 4 is 28.8 Å². The van der Waals surface area contributed by atoms with E-state index in [0.717, 1.165) is 24.4 Å². The zero-order valence-corrected chi connectivity index (χ0v) is 15.4. The minimum atomic E-state index is -0.0314. The average Bonchev–Trinajstić information content (AvgIpc) is 3.04. The first-order valence-electron chi connectivity index (χ1n) is 8.42. The first-order chi connectivity index (χ1) is 12.1. The molecule has 0 saturated carbocycles. The average molecular weight is 379 g/mol. The molecule has 5 rings (SSSR count). The van der Waals surface area contributed by atoms with Crippen LogP contribution in [0.25, 0.3) is 0 Å². The van der Waals surface area contributed by atoms with Gasteiger partial charge in [0.1, 0.15) is 5.75 Å². The topological polar surface area (TPSA) is 67.3 Å². The lowest BCUT2D eigenvalue weighted by Crippen LogP contribution is -2.62. The number of carbonyl (C=O) groups excluding carboxylic acids is 1. The van der Waals surface area contributed by atoms with Crippen molar-refractivity contribution in [2.45, 2.75) is 31.8 Å².